The Kier molecular flexibility index (Phi) is 3.55. The van der Waals surface area contributed by atoms with E-state index >= 15 is 0 Å². The average Bonchev–Trinajstić information content (AvgIpc) is 3.21. The second-order valence-corrected chi connectivity index (χ2v) is 7.43. The standard InChI is InChI=1S/C13H17ClN2O2S/c14-13-7-12(19(17,18)16-11-4-5-11)6-1-9(13)8-15-10-2-3-10/h1,6-7,10-11,15-16H,2-5,8H2. The highest BCUT2D eigenvalue weighted by atomic mass is 35.5. The Morgan fingerprint density at radius 3 is 2.42 bits per heavy atom. The van der Waals surface area contributed by atoms with Gasteiger partial charge in [0.1, 0.15) is 0 Å². The minimum atomic E-state index is -3.41. The van der Waals surface area contributed by atoms with Crippen LogP contribution >= 0.6 is 11.6 Å². The normalized spacial score (nSPS) is 19.6. The van der Waals surface area contributed by atoms with Gasteiger partial charge >= 0.3 is 0 Å². The molecule has 0 heterocycles. The van der Waals surface area contributed by atoms with E-state index in [9.17, 15) is 8.42 Å². The van der Waals surface area contributed by atoms with Gasteiger partial charge in [-0.05, 0) is 43.4 Å². The number of nitrogens with one attached hydrogen (secondary N) is 2. The number of rotatable bonds is 6. The average molecular weight is 301 g/mol. The molecular formula is C13H17ClN2O2S. The van der Waals surface area contributed by atoms with E-state index in [-0.39, 0.29) is 10.9 Å². The van der Waals surface area contributed by atoms with E-state index in [1.54, 1.807) is 12.1 Å². The van der Waals surface area contributed by atoms with Gasteiger partial charge in [-0.25, -0.2) is 13.1 Å². The van der Waals surface area contributed by atoms with E-state index in [1.807, 2.05) is 0 Å². The molecule has 0 spiro atoms. The lowest BCUT2D eigenvalue weighted by atomic mass is 10.2. The summed E-state index contributed by atoms with van der Waals surface area (Å²) in [5.41, 5.74) is 0.943. The fourth-order valence-corrected chi connectivity index (χ4v) is 3.51. The maximum Gasteiger partial charge on any atom is 0.240 e. The van der Waals surface area contributed by atoms with Crippen molar-refractivity contribution in [2.24, 2.45) is 0 Å². The smallest absolute Gasteiger partial charge is 0.240 e. The van der Waals surface area contributed by atoms with Crippen molar-refractivity contribution in [2.75, 3.05) is 0 Å². The van der Waals surface area contributed by atoms with Crippen LogP contribution in [0.15, 0.2) is 23.1 Å². The molecular weight excluding hydrogens is 284 g/mol. The van der Waals surface area contributed by atoms with Gasteiger partial charge in [0.2, 0.25) is 10.0 Å². The molecule has 1 aromatic rings. The lowest BCUT2D eigenvalue weighted by Crippen LogP contribution is -2.25. The number of hydrogen-bond donors (Lipinski definition) is 2. The van der Waals surface area contributed by atoms with Gasteiger partial charge in [0, 0.05) is 23.7 Å². The third-order valence-corrected chi connectivity index (χ3v) is 5.26. The van der Waals surface area contributed by atoms with Crippen molar-refractivity contribution in [2.45, 2.75) is 49.2 Å². The summed E-state index contributed by atoms with van der Waals surface area (Å²) < 4.78 is 26.7. The first-order valence-corrected chi connectivity index (χ1v) is 8.45. The van der Waals surface area contributed by atoms with E-state index in [2.05, 4.69) is 10.0 Å². The van der Waals surface area contributed by atoms with Crippen molar-refractivity contribution >= 4 is 21.6 Å². The number of hydrogen-bond acceptors (Lipinski definition) is 3. The summed E-state index contributed by atoms with van der Waals surface area (Å²) in [6.45, 7) is 0.694. The topological polar surface area (TPSA) is 58.2 Å². The van der Waals surface area contributed by atoms with Crippen molar-refractivity contribution in [1.29, 1.82) is 0 Å². The molecule has 2 aliphatic rings. The molecule has 2 N–H and O–H groups in total. The van der Waals surface area contributed by atoms with Gasteiger partial charge in [-0.3, -0.25) is 0 Å². The summed E-state index contributed by atoms with van der Waals surface area (Å²) in [5.74, 6) is 0. The zero-order chi connectivity index (χ0) is 13.5. The Morgan fingerprint density at radius 2 is 1.84 bits per heavy atom. The van der Waals surface area contributed by atoms with E-state index in [0.717, 1.165) is 18.4 Å². The molecule has 19 heavy (non-hydrogen) atoms. The molecule has 0 aromatic heterocycles. The zero-order valence-corrected chi connectivity index (χ0v) is 12.1. The highest BCUT2D eigenvalue weighted by Crippen LogP contribution is 2.26. The third-order valence-electron chi connectivity index (χ3n) is 3.39. The monoisotopic (exact) mass is 300 g/mol. The summed E-state index contributed by atoms with van der Waals surface area (Å²) in [4.78, 5) is 0.250. The predicted molar refractivity (Wildman–Crippen MR) is 74.7 cm³/mol. The second-order valence-electron chi connectivity index (χ2n) is 5.30. The number of benzene rings is 1. The fourth-order valence-electron chi connectivity index (χ4n) is 1.87. The van der Waals surface area contributed by atoms with Gasteiger partial charge in [-0.1, -0.05) is 17.7 Å². The van der Waals surface area contributed by atoms with Gasteiger partial charge in [-0.15, -0.1) is 0 Å². The zero-order valence-electron chi connectivity index (χ0n) is 10.5. The summed E-state index contributed by atoms with van der Waals surface area (Å²) in [7, 11) is -3.41. The second kappa shape index (κ2) is 5.05. The van der Waals surface area contributed by atoms with Crippen LogP contribution in [0.3, 0.4) is 0 Å². The largest absolute Gasteiger partial charge is 0.310 e. The molecule has 104 valence electrons. The lowest BCUT2D eigenvalue weighted by Gasteiger charge is -2.09. The van der Waals surface area contributed by atoms with Gasteiger partial charge in [0.05, 0.1) is 4.90 Å². The van der Waals surface area contributed by atoms with Crippen LogP contribution in [0.2, 0.25) is 5.02 Å². The Hall–Kier alpha value is -0.620. The van der Waals surface area contributed by atoms with E-state index in [4.69, 9.17) is 11.6 Å². The van der Waals surface area contributed by atoms with Crippen molar-refractivity contribution in [3.05, 3.63) is 28.8 Å². The molecule has 1 aromatic carbocycles. The first kappa shape index (κ1) is 13.4. The van der Waals surface area contributed by atoms with E-state index < -0.39 is 10.0 Å². The van der Waals surface area contributed by atoms with Crippen molar-refractivity contribution in [1.82, 2.24) is 10.0 Å². The Morgan fingerprint density at radius 1 is 1.16 bits per heavy atom. The highest BCUT2D eigenvalue weighted by Gasteiger charge is 2.28. The molecule has 2 aliphatic carbocycles. The minimum Gasteiger partial charge on any atom is -0.310 e. The summed E-state index contributed by atoms with van der Waals surface area (Å²) in [6, 6.07) is 5.67. The molecule has 2 saturated carbocycles. The predicted octanol–water partition coefficient (Wildman–Crippen LogP) is 2.03. The van der Waals surface area contributed by atoms with Crippen LogP contribution in [-0.4, -0.2) is 20.5 Å². The van der Waals surface area contributed by atoms with Crippen LogP contribution in [0.1, 0.15) is 31.2 Å². The molecule has 0 unspecified atom stereocenters. The Balaban J connectivity index is 1.73. The molecule has 0 bridgehead atoms. The first-order valence-electron chi connectivity index (χ1n) is 6.59. The first-order chi connectivity index (χ1) is 9.04. The quantitative estimate of drug-likeness (QED) is 0.845. The highest BCUT2D eigenvalue weighted by molar-refractivity contribution is 7.89. The van der Waals surface area contributed by atoms with Gasteiger partial charge in [0.15, 0.2) is 0 Å². The third kappa shape index (κ3) is 3.48. The van der Waals surface area contributed by atoms with Crippen LogP contribution < -0.4 is 10.0 Å². The Labute approximate surface area is 118 Å². The molecule has 0 atom stereocenters. The molecule has 4 nitrogen and oxygen atoms in total. The molecule has 6 heteroatoms. The molecule has 0 amide bonds. The number of sulfonamides is 1. The van der Waals surface area contributed by atoms with Crippen LogP contribution in [0, 0.1) is 0 Å². The van der Waals surface area contributed by atoms with Crippen LogP contribution in [0.25, 0.3) is 0 Å². The maximum absolute atomic E-state index is 12.0. The van der Waals surface area contributed by atoms with Crippen molar-refractivity contribution < 1.29 is 8.42 Å². The fraction of sp³-hybridized carbons (Fsp3) is 0.538. The summed E-state index contributed by atoms with van der Waals surface area (Å²) in [6.07, 6.45) is 4.29. The molecule has 3 rings (SSSR count). The van der Waals surface area contributed by atoms with Crippen molar-refractivity contribution in [3.63, 3.8) is 0 Å². The number of halogens is 1. The van der Waals surface area contributed by atoms with E-state index in [0.29, 0.717) is 17.6 Å². The lowest BCUT2D eigenvalue weighted by molar-refractivity contribution is 0.581. The van der Waals surface area contributed by atoms with Crippen LogP contribution in [0.5, 0.6) is 0 Å². The van der Waals surface area contributed by atoms with Gasteiger partial charge in [-0.2, -0.15) is 0 Å². The van der Waals surface area contributed by atoms with Crippen molar-refractivity contribution in [3.8, 4) is 0 Å². The van der Waals surface area contributed by atoms with Crippen LogP contribution in [-0.2, 0) is 16.6 Å². The molecule has 0 aliphatic heterocycles. The van der Waals surface area contributed by atoms with Gasteiger partial charge in [0.25, 0.3) is 0 Å². The minimum absolute atomic E-state index is 0.111. The van der Waals surface area contributed by atoms with E-state index in [1.165, 1.54) is 18.9 Å². The van der Waals surface area contributed by atoms with Crippen LogP contribution in [0.4, 0.5) is 0 Å². The summed E-state index contributed by atoms with van der Waals surface area (Å²) >= 11 is 6.16. The Bertz CT molecular complexity index is 580. The molecule has 0 radical (unpaired) electrons. The molecule has 0 saturated heterocycles. The van der Waals surface area contributed by atoms with Gasteiger partial charge < -0.3 is 5.32 Å². The SMILES string of the molecule is O=S(=O)(NC1CC1)c1ccc(CNC2CC2)c(Cl)c1. The summed E-state index contributed by atoms with van der Waals surface area (Å²) in [5, 5.41) is 3.87. The maximum atomic E-state index is 12.0. The molecule has 2 fully saturated rings.